The Hall–Kier alpha value is -5.53. The Morgan fingerprint density at radius 3 is 2.34 bits per heavy atom. The van der Waals surface area contributed by atoms with Crippen molar-refractivity contribution in [2.45, 2.75) is 68.0 Å². The minimum absolute atomic E-state index is 0.0297. The van der Waals surface area contributed by atoms with Crippen molar-refractivity contribution >= 4 is 52.0 Å². The fraction of sp³-hybridized carbons (Fsp3) is 0.395. The zero-order valence-corrected chi connectivity index (χ0v) is 35.8. The van der Waals surface area contributed by atoms with Gasteiger partial charge in [-0.2, -0.15) is 0 Å². The number of benzene rings is 3. The van der Waals surface area contributed by atoms with Gasteiger partial charge in [0.05, 0.1) is 71.0 Å². The van der Waals surface area contributed by atoms with Crippen LogP contribution in [0.5, 0.6) is 11.6 Å². The highest BCUT2D eigenvalue weighted by Crippen LogP contribution is 2.46. The predicted molar refractivity (Wildman–Crippen MR) is 229 cm³/mol. The summed E-state index contributed by atoms with van der Waals surface area (Å²) in [5.41, 5.74) is 6.52. The van der Waals surface area contributed by atoms with Crippen molar-refractivity contribution in [2.24, 2.45) is 5.92 Å². The number of non-ortho nitro benzene ring substituents is 1. The first kappa shape index (κ1) is 43.6. The third-order valence-electron chi connectivity index (χ3n) is 10.4. The maximum atomic E-state index is 14.0. The monoisotopic (exact) mass is 872 g/mol. The Morgan fingerprint density at radius 2 is 1.66 bits per heavy atom. The Morgan fingerprint density at radius 1 is 0.967 bits per heavy atom. The molecule has 3 N–H and O–H groups in total. The first-order valence-electron chi connectivity index (χ1n) is 20.0. The number of amides is 2. The number of aromatic nitrogens is 2. The van der Waals surface area contributed by atoms with Crippen LogP contribution in [0.1, 0.15) is 56.2 Å². The number of anilines is 2. The number of nitro benzene ring substituents is 1. The van der Waals surface area contributed by atoms with Gasteiger partial charge in [-0.3, -0.25) is 19.7 Å². The number of rotatable bonds is 19. The molecular formula is C43H48N6O10S2. The number of fused-ring (bicyclic) bond motifs is 2. The second kappa shape index (κ2) is 19.9. The number of nitrogens with zero attached hydrogens (tertiary/aromatic N) is 4. The number of aliphatic hydroxyl groups excluding tert-OH is 1. The molecule has 322 valence electrons. The lowest BCUT2D eigenvalue weighted by molar-refractivity contribution is -0.385. The fourth-order valence-electron chi connectivity index (χ4n) is 7.20. The predicted octanol–water partition coefficient (Wildman–Crippen LogP) is 7.29. The van der Waals surface area contributed by atoms with E-state index in [9.17, 15) is 24.8 Å². The summed E-state index contributed by atoms with van der Waals surface area (Å²) in [6.45, 7) is 9.46. The first-order valence-corrected chi connectivity index (χ1v) is 21.7. The maximum Gasteiger partial charge on any atom is 0.270 e. The molecule has 4 heterocycles. The van der Waals surface area contributed by atoms with Gasteiger partial charge in [0.15, 0.2) is 5.76 Å². The molecule has 0 radical (unpaired) electrons. The number of carbonyl (C=O) groups excluding carboxylic acids is 2. The van der Waals surface area contributed by atoms with Gasteiger partial charge in [-0.05, 0) is 60.3 Å². The Labute approximate surface area is 361 Å². The summed E-state index contributed by atoms with van der Waals surface area (Å²) in [6, 6.07) is 18.8. The quantitative estimate of drug-likeness (QED) is 0.0416. The molecule has 1 saturated heterocycles. The zero-order valence-electron chi connectivity index (χ0n) is 34.2. The van der Waals surface area contributed by atoms with E-state index in [4.69, 9.17) is 23.5 Å². The minimum Gasteiger partial charge on any atom is -0.491 e. The number of nitrogens with one attached hydrogen (secondary N) is 2. The molecule has 2 aliphatic heterocycles. The minimum atomic E-state index is -0.848. The van der Waals surface area contributed by atoms with E-state index >= 15 is 0 Å². The molecule has 1 fully saturated rings. The van der Waals surface area contributed by atoms with Crippen LogP contribution < -0.4 is 20.1 Å². The van der Waals surface area contributed by atoms with Crippen LogP contribution in [0.15, 0.2) is 86.6 Å². The first-order chi connectivity index (χ1) is 29.4. The number of likely N-dealkylation sites (tertiary alicyclic amines) is 1. The summed E-state index contributed by atoms with van der Waals surface area (Å²) < 4.78 is 28.4. The van der Waals surface area contributed by atoms with Gasteiger partial charge in [0.1, 0.15) is 30.9 Å². The Bertz CT molecular complexity index is 2320. The van der Waals surface area contributed by atoms with Crippen LogP contribution in [-0.2, 0) is 19.1 Å². The highest BCUT2D eigenvalue weighted by Gasteiger charge is 2.43. The molecule has 4 atom stereocenters. The number of β-amino-alcohol motifs (C(OH)–C–C–N with tert-alkyl or cyclic N) is 1. The van der Waals surface area contributed by atoms with E-state index < -0.39 is 23.0 Å². The summed E-state index contributed by atoms with van der Waals surface area (Å²) in [6.07, 6.45) is -0.713. The van der Waals surface area contributed by atoms with E-state index in [1.165, 1.54) is 22.7 Å². The molecule has 3 aromatic carbocycles. The molecule has 0 spiro atoms. The molecule has 2 amide bonds. The lowest BCUT2D eigenvalue weighted by Gasteiger charge is -2.29. The van der Waals surface area contributed by atoms with Crippen LogP contribution in [0.4, 0.5) is 17.1 Å². The number of hydrogen-bond donors (Lipinski definition) is 3. The molecule has 5 aromatic rings. The van der Waals surface area contributed by atoms with Crippen molar-refractivity contribution < 1.29 is 43.1 Å². The largest absolute Gasteiger partial charge is 0.491 e. The van der Waals surface area contributed by atoms with Crippen molar-refractivity contribution in [3.8, 4) is 22.1 Å². The number of aryl methyl sites for hydroxylation is 1. The smallest absolute Gasteiger partial charge is 0.270 e. The van der Waals surface area contributed by atoms with Crippen LogP contribution in [0.2, 0.25) is 0 Å². The van der Waals surface area contributed by atoms with Gasteiger partial charge in [-0.15, -0.1) is 11.3 Å². The van der Waals surface area contributed by atoms with E-state index in [2.05, 4.69) is 20.8 Å². The molecule has 0 aliphatic carbocycles. The highest BCUT2D eigenvalue weighted by molar-refractivity contribution is 7.99. The Kier molecular flexibility index (Phi) is 14.2. The fourth-order valence-corrected chi connectivity index (χ4v) is 9.06. The van der Waals surface area contributed by atoms with E-state index in [1.807, 2.05) is 75.7 Å². The molecule has 1 unspecified atom stereocenters. The average molecular weight is 873 g/mol. The lowest BCUT2D eigenvalue weighted by atomic mass is 9.91. The molecule has 0 saturated carbocycles. The number of ether oxygens (including phenoxy) is 4. The van der Waals surface area contributed by atoms with Crippen LogP contribution in [0, 0.1) is 23.0 Å². The van der Waals surface area contributed by atoms with Crippen LogP contribution >= 0.6 is 23.1 Å². The normalized spacial score (nSPS) is 16.7. The van der Waals surface area contributed by atoms with Gasteiger partial charge in [-0.25, -0.2) is 4.98 Å². The van der Waals surface area contributed by atoms with Gasteiger partial charge in [-0.1, -0.05) is 49.9 Å². The number of aliphatic hydroxyl groups is 1. The Balaban J connectivity index is 0.810. The van der Waals surface area contributed by atoms with Crippen molar-refractivity contribution in [3.63, 3.8) is 0 Å². The van der Waals surface area contributed by atoms with Gasteiger partial charge >= 0.3 is 0 Å². The van der Waals surface area contributed by atoms with Crippen molar-refractivity contribution in [1.29, 1.82) is 0 Å². The van der Waals surface area contributed by atoms with E-state index in [0.29, 0.717) is 37.9 Å². The summed E-state index contributed by atoms with van der Waals surface area (Å²) in [7, 11) is 0. The summed E-state index contributed by atoms with van der Waals surface area (Å²) in [4.78, 5) is 47.0. The van der Waals surface area contributed by atoms with Crippen molar-refractivity contribution in [2.75, 3.05) is 51.5 Å². The number of nitro groups is 1. The molecule has 2 aromatic heterocycles. The summed E-state index contributed by atoms with van der Waals surface area (Å²) >= 11 is 3.02. The molecule has 0 bridgehead atoms. The topological polar surface area (TPSA) is 201 Å². The van der Waals surface area contributed by atoms with Crippen molar-refractivity contribution in [1.82, 2.24) is 20.4 Å². The molecule has 18 heteroatoms. The van der Waals surface area contributed by atoms with E-state index in [1.54, 1.807) is 29.5 Å². The van der Waals surface area contributed by atoms with Gasteiger partial charge < -0.3 is 44.1 Å². The highest BCUT2D eigenvalue weighted by atomic mass is 32.2. The third kappa shape index (κ3) is 10.7. The summed E-state index contributed by atoms with van der Waals surface area (Å²) in [5, 5.41) is 32.1. The second-order valence-corrected chi connectivity index (χ2v) is 17.0. The second-order valence-electron chi connectivity index (χ2n) is 15.0. The molecule has 16 nitrogen and oxygen atoms in total. The standard InChI is InChI=1S/C43H48N6O10S2/c1-25(2)40(43(52)48-23-31(50)20-35(48)42(51)45-26(3)28-5-7-29(8-6-28)41-27(4)44-24-60-41)36-22-39(47-59-36)58-18-16-56-14-13-55-15-17-57-32-10-12-34-38(21-32)61-37-19-30(49(53)54)9-11-33(37)46-34/h5-12,19,21-22,24-26,31,35,40,46,50H,13-18,20,23H2,1-4H3,(H,45,51)/t26-,31+,35-,40?/m0/s1. The summed E-state index contributed by atoms with van der Waals surface area (Å²) in [5.74, 6) is -0.463. The lowest BCUT2D eigenvalue weighted by Crippen LogP contribution is -2.48. The third-order valence-corrected chi connectivity index (χ3v) is 12.4. The van der Waals surface area contributed by atoms with Gasteiger partial charge in [0, 0.05) is 41.0 Å². The zero-order chi connectivity index (χ0) is 43.0. The number of hydrogen-bond acceptors (Lipinski definition) is 15. The molecule has 2 aliphatic rings. The number of carbonyl (C=O) groups is 2. The van der Waals surface area contributed by atoms with Gasteiger partial charge in [0.25, 0.3) is 11.6 Å². The molecule has 61 heavy (non-hydrogen) atoms. The van der Waals surface area contributed by atoms with Crippen LogP contribution in [0.3, 0.4) is 0 Å². The van der Waals surface area contributed by atoms with E-state index in [0.717, 1.165) is 42.9 Å². The molecule has 7 rings (SSSR count). The van der Waals surface area contributed by atoms with Crippen LogP contribution in [0.25, 0.3) is 10.4 Å². The van der Waals surface area contributed by atoms with Crippen LogP contribution in [-0.4, -0.2) is 95.2 Å². The molecular weight excluding hydrogens is 825 g/mol. The van der Waals surface area contributed by atoms with Gasteiger partial charge in [0.2, 0.25) is 11.8 Å². The van der Waals surface area contributed by atoms with Crippen molar-refractivity contribution in [3.05, 3.63) is 99.4 Å². The average Bonchev–Trinajstić information content (AvgIpc) is 4.00. The number of thiazole rings is 1. The SMILES string of the molecule is Cc1ncsc1-c1ccc([C@H](C)NC(=O)[C@@H]2C[C@@H](O)CN2C(=O)C(c2cc(OCCOCCOCCOc3ccc4c(c3)Sc3cc([N+](=O)[O-])ccc3N4)no2)C(C)C)cc1. The maximum absolute atomic E-state index is 14.0. The van der Waals surface area contributed by atoms with E-state index in [-0.39, 0.29) is 61.5 Å².